The highest BCUT2D eigenvalue weighted by atomic mass is 35.5. The molecule has 0 radical (unpaired) electrons. The van der Waals surface area contributed by atoms with E-state index in [2.05, 4.69) is 79.1 Å². The summed E-state index contributed by atoms with van der Waals surface area (Å²) in [7, 11) is 0. The third-order valence-corrected chi connectivity index (χ3v) is 7.89. The lowest BCUT2D eigenvalue weighted by atomic mass is 10.0. The van der Waals surface area contributed by atoms with Gasteiger partial charge in [-0.05, 0) is 22.3 Å². The highest BCUT2D eigenvalue weighted by Crippen LogP contribution is 2.29. The lowest BCUT2D eigenvalue weighted by Gasteiger charge is -2.07. The van der Waals surface area contributed by atoms with Crippen LogP contribution in [0.1, 0.15) is 23.7 Å². The zero-order valence-corrected chi connectivity index (χ0v) is 24.0. The average molecular weight is 606 g/mol. The summed E-state index contributed by atoms with van der Waals surface area (Å²) in [5, 5.41) is 6.92. The topological polar surface area (TPSA) is 81.4 Å². The first-order valence-electron chi connectivity index (χ1n) is 10.8. The first-order valence-corrected chi connectivity index (χ1v) is 13.1. The van der Waals surface area contributed by atoms with E-state index in [9.17, 15) is 0 Å². The van der Waals surface area contributed by atoms with Crippen molar-refractivity contribution in [2.75, 3.05) is 23.3 Å². The summed E-state index contributed by atoms with van der Waals surface area (Å²) in [6.07, 6.45) is 3.87. The Bertz CT molecular complexity index is 1110. The van der Waals surface area contributed by atoms with Crippen molar-refractivity contribution in [3.05, 3.63) is 72.6 Å². The molecule has 0 amide bonds. The largest absolute Gasteiger partial charge is 0.341 e. The van der Waals surface area contributed by atoms with Gasteiger partial charge in [-0.25, -0.2) is 9.97 Å². The Hall–Kier alpha value is -1.36. The molecular formula is C24H28Cl4N6S2. The molecule has 194 valence electrons. The van der Waals surface area contributed by atoms with Gasteiger partial charge >= 0.3 is 0 Å². The third-order valence-electron chi connectivity index (χ3n) is 6.01. The predicted molar refractivity (Wildman–Crippen MR) is 162 cm³/mol. The number of halogens is 4. The van der Waals surface area contributed by atoms with Crippen LogP contribution in [0, 0.1) is 0 Å². The molecule has 2 fully saturated rings. The molecule has 2 aromatic carbocycles. The number of rotatable bonds is 5. The van der Waals surface area contributed by atoms with Crippen molar-refractivity contribution in [2.24, 2.45) is 0 Å². The highest BCUT2D eigenvalue weighted by molar-refractivity contribution is 7.99. The van der Waals surface area contributed by atoms with E-state index in [1.54, 1.807) is 0 Å². The number of thioether (sulfide) groups is 2. The van der Waals surface area contributed by atoms with E-state index in [1.807, 2.05) is 35.9 Å². The van der Waals surface area contributed by atoms with E-state index in [4.69, 9.17) is 0 Å². The van der Waals surface area contributed by atoms with E-state index in [0.29, 0.717) is 12.1 Å². The van der Waals surface area contributed by atoms with Crippen LogP contribution >= 0.6 is 73.2 Å². The van der Waals surface area contributed by atoms with Crippen molar-refractivity contribution in [3.8, 4) is 33.6 Å². The van der Waals surface area contributed by atoms with Gasteiger partial charge in [0.2, 0.25) is 0 Å². The van der Waals surface area contributed by atoms with Crippen LogP contribution in [0.5, 0.6) is 0 Å². The van der Waals surface area contributed by atoms with Gasteiger partial charge in [-0.3, -0.25) is 10.6 Å². The van der Waals surface area contributed by atoms with Gasteiger partial charge in [-0.2, -0.15) is 0 Å². The number of aromatic amines is 2. The maximum absolute atomic E-state index is 4.58. The number of imidazole rings is 2. The summed E-state index contributed by atoms with van der Waals surface area (Å²) >= 11 is 3.82. The molecule has 2 aliphatic heterocycles. The molecule has 6 nitrogen and oxygen atoms in total. The number of hydrogen-bond donors (Lipinski definition) is 4. The van der Waals surface area contributed by atoms with Gasteiger partial charge in [0.15, 0.2) is 0 Å². The minimum Gasteiger partial charge on any atom is -0.341 e. The fourth-order valence-corrected chi connectivity index (χ4v) is 6.04. The van der Waals surface area contributed by atoms with Gasteiger partial charge in [0.25, 0.3) is 0 Å². The maximum Gasteiger partial charge on any atom is 0.124 e. The number of benzene rings is 2. The minimum atomic E-state index is 0. The Labute approximate surface area is 244 Å². The Balaban J connectivity index is 0.00000114. The molecule has 12 heteroatoms. The second kappa shape index (κ2) is 14.0. The van der Waals surface area contributed by atoms with E-state index in [0.717, 1.165) is 57.4 Å². The number of H-pyrrole nitrogens is 2. The number of nitrogens with one attached hydrogen (secondary N) is 4. The molecule has 0 spiro atoms. The Kier molecular flexibility index (Phi) is 12.0. The van der Waals surface area contributed by atoms with Crippen LogP contribution in [-0.2, 0) is 0 Å². The SMILES string of the molecule is Cl.Cl.Cl.Cl.c1cc(-c2cnc([C@@H]3CSCN3)[nH]2)ccc1-c1ccc(-c2cnc([C@@H]3CSCN3)[nH]2)cc1. The third kappa shape index (κ3) is 6.55. The Morgan fingerprint density at radius 1 is 0.556 bits per heavy atom. The highest BCUT2D eigenvalue weighted by Gasteiger charge is 2.20. The molecule has 4 heterocycles. The first kappa shape index (κ1) is 30.9. The zero-order valence-electron chi connectivity index (χ0n) is 19.1. The van der Waals surface area contributed by atoms with Crippen molar-refractivity contribution >= 4 is 73.2 Å². The average Bonchev–Trinajstić information content (AvgIpc) is 3.66. The van der Waals surface area contributed by atoms with Crippen molar-refractivity contribution in [1.29, 1.82) is 0 Å². The summed E-state index contributed by atoms with van der Waals surface area (Å²) in [6, 6.07) is 18.0. The molecule has 0 unspecified atom stereocenters. The minimum absolute atomic E-state index is 0. The second-order valence-electron chi connectivity index (χ2n) is 8.06. The van der Waals surface area contributed by atoms with Gasteiger partial charge in [-0.15, -0.1) is 73.2 Å². The molecule has 0 saturated carbocycles. The Morgan fingerprint density at radius 3 is 1.25 bits per heavy atom. The molecule has 4 aromatic rings. The second-order valence-corrected chi connectivity index (χ2v) is 10.1. The Morgan fingerprint density at radius 2 is 0.917 bits per heavy atom. The molecule has 36 heavy (non-hydrogen) atoms. The lowest BCUT2D eigenvalue weighted by molar-refractivity contribution is 0.641. The fraction of sp³-hybridized carbons (Fsp3) is 0.250. The van der Waals surface area contributed by atoms with Gasteiger partial charge in [0.1, 0.15) is 11.6 Å². The van der Waals surface area contributed by atoms with Gasteiger partial charge in [0, 0.05) is 23.3 Å². The van der Waals surface area contributed by atoms with Crippen LogP contribution in [0.4, 0.5) is 0 Å². The van der Waals surface area contributed by atoms with E-state index >= 15 is 0 Å². The normalized spacial score (nSPS) is 18.4. The van der Waals surface area contributed by atoms with Crippen molar-refractivity contribution in [3.63, 3.8) is 0 Å². The van der Waals surface area contributed by atoms with Crippen LogP contribution < -0.4 is 10.6 Å². The van der Waals surface area contributed by atoms with Gasteiger partial charge in [-0.1, -0.05) is 48.5 Å². The molecule has 6 rings (SSSR count). The zero-order chi connectivity index (χ0) is 21.3. The van der Waals surface area contributed by atoms with Crippen molar-refractivity contribution in [1.82, 2.24) is 30.6 Å². The molecule has 4 N–H and O–H groups in total. The van der Waals surface area contributed by atoms with Crippen LogP contribution in [0.2, 0.25) is 0 Å². The first-order chi connectivity index (χ1) is 15.8. The molecule has 0 aliphatic carbocycles. The lowest BCUT2D eigenvalue weighted by Crippen LogP contribution is -2.15. The molecule has 2 saturated heterocycles. The summed E-state index contributed by atoms with van der Waals surface area (Å²) in [5.74, 6) is 6.17. The quantitative estimate of drug-likeness (QED) is 0.208. The smallest absolute Gasteiger partial charge is 0.124 e. The van der Waals surface area contributed by atoms with Gasteiger partial charge < -0.3 is 9.97 Å². The molecule has 2 aromatic heterocycles. The molecular weight excluding hydrogens is 578 g/mol. The summed E-state index contributed by atoms with van der Waals surface area (Å²) in [5.41, 5.74) is 6.83. The van der Waals surface area contributed by atoms with E-state index in [-0.39, 0.29) is 49.6 Å². The number of hydrogen-bond acceptors (Lipinski definition) is 6. The van der Waals surface area contributed by atoms with Crippen LogP contribution in [0.15, 0.2) is 60.9 Å². The maximum atomic E-state index is 4.58. The summed E-state index contributed by atoms with van der Waals surface area (Å²) in [4.78, 5) is 16.1. The molecule has 2 atom stereocenters. The summed E-state index contributed by atoms with van der Waals surface area (Å²) < 4.78 is 0. The van der Waals surface area contributed by atoms with E-state index in [1.165, 1.54) is 11.1 Å². The van der Waals surface area contributed by atoms with Crippen LogP contribution in [-0.4, -0.2) is 43.2 Å². The fourth-order valence-electron chi connectivity index (χ4n) is 4.15. The van der Waals surface area contributed by atoms with E-state index < -0.39 is 0 Å². The summed E-state index contributed by atoms with van der Waals surface area (Å²) in [6.45, 7) is 0. The van der Waals surface area contributed by atoms with Gasteiger partial charge in [0.05, 0.1) is 35.9 Å². The molecule has 2 aliphatic rings. The standard InChI is InChI=1S/C24H24N6S2.4ClH/c1-5-17(19-9-25-23(29-19)21-11-31-13-27-21)6-2-15(1)16-3-7-18(8-4-16)20-10-26-24(30-20)22-12-32-14-28-22;;;;/h1-10,21-22,27-28H,11-14H2,(H,25,29)(H,26,30);4*1H/t21-,22-;;;;/m0..../s1. The van der Waals surface area contributed by atoms with Crippen LogP contribution in [0.25, 0.3) is 33.6 Å². The predicted octanol–water partition coefficient (Wildman–Crippen LogP) is 6.49. The van der Waals surface area contributed by atoms with Crippen molar-refractivity contribution in [2.45, 2.75) is 12.1 Å². The van der Waals surface area contributed by atoms with Crippen molar-refractivity contribution < 1.29 is 0 Å². The number of nitrogens with zero attached hydrogens (tertiary/aromatic N) is 2. The molecule has 0 bridgehead atoms. The van der Waals surface area contributed by atoms with Crippen LogP contribution in [0.3, 0.4) is 0 Å². The monoisotopic (exact) mass is 604 g/mol. The number of aromatic nitrogens is 4.